The van der Waals surface area contributed by atoms with E-state index in [0.717, 1.165) is 33.0 Å². The highest BCUT2D eigenvalue weighted by Crippen LogP contribution is 2.32. The summed E-state index contributed by atoms with van der Waals surface area (Å²) in [7, 11) is 0. The van der Waals surface area contributed by atoms with E-state index in [1.54, 1.807) is 18.1 Å². The van der Waals surface area contributed by atoms with Crippen LogP contribution >= 0.6 is 23.7 Å². The molecule has 0 aliphatic carbocycles. The van der Waals surface area contributed by atoms with Gasteiger partial charge in [0.05, 0.1) is 11.0 Å². The van der Waals surface area contributed by atoms with Crippen molar-refractivity contribution < 1.29 is 9.90 Å². The van der Waals surface area contributed by atoms with Crippen LogP contribution in [-0.4, -0.2) is 43.1 Å². The predicted octanol–water partition coefficient (Wildman–Crippen LogP) is 3.04. The van der Waals surface area contributed by atoms with Crippen molar-refractivity contribution in [1.29, 1.82) is 0 Å². The minimum atomic E-state index is -0.997. The molecule has 25 heavy (non-hydrogen) atoms. The second-order valence-electron chi connectivity index (χ2n) is 5.44. The minimum absolute atomic E-state index is 0.304. The van der Waals surface area contributed by atoms with Crippen molar-refractivity contribution in [2.45, 2.75) is 17.9 Å². The lowest BCUT2D eigenvalue weighted by atomic mass is 10.2. The third-order valence-electron chi connectivity index (χ3n) is 3.80. The fourth-order valence-electron chi connectivity index (χ4n) is 2.49. The molecule has 0 saturated carbocycles. The maximum absolute atomic E-state index is 10.9. The largest absolute Gasteiger partial charge is 0.480 e. The van der Waals surface area contributed by atoms with Gasteiger partial charge >= 0.3 is 5.97 Å². The molecular formula is C17H18N4O2S2. The SMILES string of the molecule is CSn1c(-c2nccc(SCC(N)C(=O)O)c2C)nc2ccccc21. The van der Waals surface area contributed by atoms with E-state index in [1.807, 2.05) is 43.5 Å². The second kappa shape index (κ2) is 7.47. The van der Waals surface area contributed by atoms with Gasteiger partial charge in [-0.25, -0.2) is 4.98 Å². The van der Waals surface area contributed by atoms with E-state index in [2.05, 4.69) is 8.96 Å². The summed E-state index contributed by atoms with van der Waals surface area (Å²) >= 11 is 3.00. The van der Waals surface area contributed by atoms with Crippen LogP contribution < -0.4 is 5.73 Å². The van der Waals surface area contributed by atoms with Gasteiger partial charge in [0.25, 0.3) is 0 Å². The Morgan fingerprint density at radius 1 is 1.36 bits per heavy atom. The van der Waals surface area contributed by atoms with Crippen LogP contribution in [0.15, 0.2) is 41.4 Å². The van der Waals surface area contributed by atoms with Crippen LogP contribution in [0.4, 0.5) is 0 Å². The third-order valence-corrected chi connectivity index (χ3v) is 5.82. The van der Waals surface area contributed by atoms with Crippen molar-refractivity contribution in [3.05, 3.63) is 42.1 Å². The monoisotopic (exact) mass is 374 g/mol. The molecule has 0 saturated heterocycles. The van der Waals surface area contributed by atoms with E-state index >= 15 is 0 Å². The zero-order chi connectivity index (χ0) is 18.0. The molecule has 3 aromatic rings. The summed E-state index contributed by atoms with van der Waals surface area (Å²) in [6, 6.07) is 8.94. The Labute approximate surface area is 154 Å². The number of carbonyl (C=O) groups is 1. The zero-order valence-electron chi connectivity index (χ0n) is 13.8. The average Bonchev–Trinajstić information content (AvgIpc) is 2.98. The Morgan fingerprint density at radius 2 is 2.12 bits per heavy atom. The molecule has 2 aromatic heterocycles. The van der Waals surface area contributed by atoms with Gasteiger partial charge in [0.15, 0.2) is 5.82 Å². The molecule has 130 valence electrons. The van der Waals surface area contributed by atoms with Crippen LogP contribution in [-0.2, 0) is 4.79 Å². The molecule has 3 N–H and O–H groups in total. The molecule has 6 nitrogen and oxygen atoms in total. The number of thioether (sulfide) groups is 1. The number of carboxylic acid groups (broad SMARTS) is 1. The highest BCUT2D eigenvalue weighted by atomic mass is 32.2. The number of aliphatic carboxylic acids is 1. The lowest BCUT2D eigenvalue weighted by molar-refractivity contribution is -0.137. The van der Waals surface area contributed by atoms with E-state index in [4.69, 9.17) is 15.8 Å². The van der Waals surface area contributed by atoms with Crippen molar-refractivity contribution in [2.75, 3.05) is 12.0 Å². The topological polar surface area (TPSA) is 94.0 Å². The van der Waals surface area contributed by atoms with Crippen LogP contribution in [0.5, 0.6) is 0 Å². The lowest BCUT2D eigenvalue weighted by Gasteiger charge is -2.12. The molecule has 1 atom stereocenters. The molecule has 0 bridgehead atoms. The number of pyridine rings is 1. The Bertz CT molecular complexity index is 926. The molecule has 2 heterocycles. The minimum Gasteiger partial charge on any atom is -0.480 e. The van der Waals surface area contributed by atoms with E-state index in [1.165, 1.54) is 11.8 Å². The molecule has 1 aromatic carbocycles. The molecule has 0 amide bonds. The van der Waals surface area contributed by atoms with Gasteiger partial charge in [0.1, 0.15) is 11.7 Å². The molecule has 0 aliphatic rings. The van der Waals surface area contributed by atoms with Crippen LogP contribution in [0.2, 0.25) is 0 Å². The van der Waals surface area contributed by atoms with Crippen molar-refractivity contribution in [3.8, 4) is 11.5 Å². The normalized spacial score (nSPS) is 12.4. The first-order valence-electron chi connectivity index (χ1n) is 7.62. The Hall–Kier alpha value is -2.03. The number of hydrogen-bond donors (Lipinski definition) is 2. The van der Waals surface area contributed by atoms with Crippen molar-refractivity contribution in [1.82, 2.24) is 13.9 Å². The smallest absolute Gasteiger partial charge is 0.321 e. The molecule has 8 heteroatoms. The summed E-state index contributed by atoms with van der Waals surface area (Å²) in [4.78, 5) is 21.1. The van der Waals surface area contributed by atoms with Crippen molar-refractivity contribution >= 4 is 40.7 Å². The first-order valence-corrected chi connectivity index (χ1v) is 9.78. The Kier molecular flexibility index (Phi) is 5.31. The van der Waals surface area contributed by atoms with Crippen LogP contribution in [0.3, 0.4) is 0 Å². The summed E-state index contributed by atoms with van der Waals surface area (Å²) in [5.41, 5.74) is 9.32. The number of aromatic nitrogens is 3. The van der Waals surface area contributed by atoms with Crippen LogP contribution in [0.1, 0.15) is 5.56 Å². The number of benzene rings is 1. The van der Waals surface area contributed by atoms with Crippen LogP contribution in [0.25, 0.3) is 22.6 Å². The number of nitrogens with zero attached hydrogens (tertiary/aromatic N) is 3. The first-order chi connectivity index (χ1) is 12.0. The number of rotatable bonds is 6. The van der Waals surface area contributed by atoms with Gasteiger partial charge in [-0.1, -0.05) is 12.1 Å². The molecule has 0 spiro atoms. The maximum atomic E-state index is 10.9. The Balaban J connectivity index is 2.01. The standard InChI is InChI=1S/C17H18N4O2S2/c1-10-14(25-9-11(18)17(22)23)7-8-19-15(10)16-20-12-5-3-4-6-13(12)21(16)24-2/h3-8,11H,9,18H2,1-2H3,(H,22,23). The fraction of sp³-hybridized carbons (Fsp3) is 0.235. The summed E-state index contributed by atoms with van der Waals surface area (Å²) in [5.74, 6) is 0.0956. The highest BCUT2D eigenvalue weighted by Gasteiger charge is 2.18. The van der Waals surface area contributed by atoms with Gasteiger partial charge in [-0.2, -0.15) is 0 Å². The maximum Gasteiger partial charge on any atom is 0.321 e. The van der Waals surface area contributed by atoms with E-state index in [-0.39, 0.29) is 0 Å². The molecule has 3 rings (SSSR count). The van der Waals surface area contributed by atoms with E-state index in [0.29, 0.717) is 5.75 Å². The average molecular weight is 374 g/mol. The number of hydrogen-bond acceptors (Lipinski definition) is 6. The molecule has 0 aliphatic heterocycles. The summed E-state index contributed by atoms with van der Waals surface area (Å²) < 4.78 is 2.06. The number of para-hydroxylation sites is 2. The number of nitrogens with two attached hydrogens (primary N) is 1. The Morgan fingerprint density at radius 3 is 2.84 bits per heavy atom. The van der Waals surface area contributed by atoms with Crippen molar-refractivity contribution in [2.24, 2.45) is 5.73 Å². The van der Waals surface area contributed by atoms with Crippen molar-refractivity contribution in [3.63, 3.8) is 0 Å². The van der Waals surface area contributed by atoms with Gasteiger partial charge in [0.2, 0.25) is 0 Å². The quantitative estimate of drug-likeness (QED) is 0.640. The second-order valence-corrected chi connectivity index (χ2v) is 7.23. The van der Waals surface area contributed by atoms with E-state index in [9.17, 15) is 4.79 Å². The number of carboxylic acids is 1. The zero-order valence-corrected chi connectivity index (χ0v) is 15.5. The molecule has 1 unspecified atom stereocenters. The van der Waals surface area contributed by atoms with Gasteiger partial charge in [0, 0.05) is 23.1 Å². The molecular weight excluding hydrogens is 356 g/mol. The fourth-order valence-corrected chi connectivity index (χ4v) is 4.11. The highest BCUT2D eigenvalue weighted by molar-refractivity contribution is 7.99. The van der Waals surface area contributed by atoms with E-state index < -0.39 is 12.0 Å². The predicted molar refractivity (Wildman–Crippen MR) is 103 cm³/mol. The molecule has 0 fully saturated rings. The lowest BCUT2D eigenvalue weighted by Crippen LogP contribution is -2.32. The summed E-state index contributed by atoms with van der Waals surface area (Å²) in [5, 5.41) is 8.94. The third kappa shape index (κ3) is 3.51. The first kappa shape index (κ1) is 17.8. The number of fused-ring (bicyclic) bond motifs is 1. The number of imidazole rings is 1. The van der Waals surface area contributed by atoms with Gasteiger partial charge in [-0.15, -0.1) is 11.8 Å². The molecule has 0 radical (unpaired) electrons. The summed E-state index contributed by atoms with van der Waals surface area (Å²) in [6.45, 7) is 1.97. The van der Waals surface area contributed by atoms with Gasteiger partial charge in [-0.05, 0) is 42.6 Å². The summed E-state index contributed by atoms with van der Waals surface area (Å²) in [6.07, 6.45) is 3.72. The van der Waals surface area contributed by atoms with Gasteiger partial charge in [-0.3, -0.25) is 13.8 Å². The van der Waals surface area contributed by atoms with Crippen LogP contribution in [0, 0.1) is 6.92 Å². The van der Waals surface area contributed by atoms with Gasteiger partial charge < -0.3 is 10.8 Å².